The maximum atomic E-state index is 11.2. The third-order valence-electron chi connectivity index (χ3n) is 1.89. The third kappa shape index (κ3) is 6.86. The van der Waals surface area contributed by atoms with E-state index in [4.69, 9.17) is 4.74 Å². The summed E-state index contributed by atoms with van der Waals surface area (Å²) < 4.78 is 5.00. The van der Waals surface area contributed by atoms with E-state index in [1.54, 1.807) is 0 Å². The van der Waals surface area contributed by atoms with Gasteiger partial charge < -0.3 is 15.4 Å². The standard InChI is InChI=1S/C10H19N3O2.HI/c1-8(2)15-9(14)4-7-13-10-11-5-3-6-12-10;/h8H,3-7H2,1-2H3,(H2,11,12,13);1H. The number of carbonyl (C=O) groups is 1. The van der Waals surface area contributed by atoms with Crippen molar-refractivity contribution < 1.29 is 9.53 Å². The van der Waals surface area contributed by atoms with Crippen molar-refractivity contribution in [2.75, 3.05) is 19.6 Å². The maximum Gasteiger partial charge on any atom is 0.307 e. The molecule has 0 saturated heterocycles. The Kier molecular flexibility index (Phi) is 8.32. The maximum absolute atomic E-state index is 11.2. The quantitative estimate of drug-likeness (QED) is 0.589. The van der Waals surface area contributed by atoms with Crippen molar-refractivity contribution in [1.29, 1.82) is 0 Å². The number of guanidine groups is 1. The first kappa shape index (κ1) is 15.5. The number of rotatable bonds is 4. The highest BCUT2D eigenvalue weighted by Gasteiger charge is 2.06. The summed E-state index contributed by atoms with van der Waals surface area (Å²) in [6.07, 6.45) is 1.40. The summed E-state index contributed by atoms with van der Waals surface area (Å²) in [6, 6.07) is 0. The van der Waals surface area contributed by atoms with Crippen LogP contribution in [0.3, 0.4) is 0 Å². The average molecular weight is 341 g/mol. The van der Waals surface area contributed by atoms with Gasteiger partial charge in [0.2, 0.25) is 0 Å². The molecule has 1 aliphatic heterocycles. The Balaban J connectivity index is 0.00000225. The molecule has 0 aromatic heterocycles. The number of hydrogen-bond acceptors (Lipinski definition) is 5. The largest absolute Gasteiger partial charge is 0.463 e. The van der Waals surface area contributed by atoms with Gasteiger partial charge in [0.1, 0.15) is 0 Å². The molecule has 1 heterocycles. The van der Waals surface area contributed by atoms with Gasteiger partial charge in [0.15, 0.2) is 5.96 Å². The van der Waals surface area contributed by atoms with Gasteiger partial charge in [-0.3, -0.25) is 9.79 Å². The van der Waals surface area contributed by atoms with E-state index >= 15 is 0 Å². The minimum atomic E-state index is -0.172. The highest BCUT2D eigenvalue weighted by Crippen LogP contribution is 1.92. The molecule has 1 rings (SSSR count). The molecule has 5 nitrogen and oxygen atoms in total. The molecule has 0 aromatic rings. The molecule has 16 heavy (non-hydrogen) atoms. The summed E-state index contributed by atoms with van der Waals surface area (Å²) in [4.78, 5) is 15.4. The van der Waals surface area contributed by atoms with E-state index < -0.39 is 0 Å². The zero-order valence-electron chi connectivity index (χ0n) is 9.78. The molecule has 0 spiro atoms. The van der Waals surface area contributed by atoms with Gasteiger partial charge in [-0.05, 0) is 20.3 Å². The summed E-state index contributed by atoms with van der Waals surface area (Å²) in [5, 5.41) is 6.18. The second kappa shape index (κ2) is 8.60. The Morgan fingerprint density at radius 2 is 2.38 bits per heavy atom. The molecule has 0 amide bonds. The first-order chi connectivity index (χ1) is 7.18. The molecule has 0 aliphatic carbocycles. The Morgan fingerprint density at radius 3 is 2.94 bits per heavy atom. The highest BCUT2D eigenvalue weighted by atomic mass is 127. The number of esters is 1. The number of ether oxygens (including phenoxy) is 1. The Labute approximate surface area is 113 Å². The molecule has 6 heteroatoms. The highest BCUT2D eigenvalue weighted by molar-refractivity contribution is 14.0. The summed E-state index contributed by atoms with van der Waals surface area (Å²) >= 11 is 0. The van der Waals surface area contributed by atoms with Crippen molar-refractivity contribution in [3.8, 4) is 0 Å². The lowest BCUT2D eigenvalue weighted by atomic mass is 10.4. The van der Waals surface area contributed by atoms with Crippen LogP contribution in [-0.2, 0) is 9.53 Å². The second-order valence-electron chi connectivity index (χ2n) is 3.73. The van der Waals surface area contributed by atoms with Crippen LogP contribution < -0.4 is 10.6 Å². The van der Waals surface area contributed by atoms with Gasteiger partial charge in [0, 0.05) is 19.6 Å². The van der Waals surface area contributed by atoms with Gasteiger partial charge >= 0.3 is 5.97 Å². The van der Waals surface area contributed by atoms with Crippen LogP contribution in [0, 0.1) is 0 Å². The fraction of sp³-hybridized carbons (Fsp3) is 0.800. The zero-order valence-corrected chi connectivity index (χ0v) is 12.1. The van der Waals surface area contributed by atoms with Crippen molar-refractivity contribution in [2.45, 2.75) is 32.8 Å². The van der Waals surface area contributed by atoms with E-state index in [0.29, 0.717) is 13.0 Å². The monoisotopic (exact) mass is 341 g/mol. The van der Waals surface area contributed by atoms with E-state index in [2.05, 4.69) is 15.6 Å². The van der Waals surface area contributed by atoms with E-state index in [1.807, 2.05) is 13.8 Å². The van der Waals surface area contributed by atoms with Crippen molar-refractivity contribution >= 4 is 35.9 Å². The smallest absolute Gasteiger partial charge is 0.307 e. The van der Waals surface area contributed by atoms with Crippen LogP contribution in [0.15, 0.2) is 4.99 Å². The first-order valence-corrected chi connectivity index (χ1v) is 5.40. The van der Waals surface area contributed by atoms with Crippen LogP contribution in [0.25, 0.3) is 0 Å². The summed E-state index contributed by atoms with van der Waals surface area (Å²) in [7, 11) is 0. The lowest BCUT2D eigenvalue weighted by Gasteiger charge is -2.15. The van der Waals surface area contributed by atoms with Crippen LogP contribution >= 0.6 is 24.0 Å². The lowest BCUT2D eigenvalue weighted by Crippen LogP contribution is -2.41. The van der Waals surface area contributed by atoms with Crippen LogP contribution in [0.5, 0.6) is 0 Å². The molecular weight excluding hydrogens is 321 g/mol. The van der Waals surface area contributed by atoms with Crippen molar-refractivity contribution in [2.24, 2.45) is 4.99 Å². The van der Waals surface area contributed by atoms with Crippen LogP contribution in [-0.4, -0.2) is 37.7 Å². The molecule has 0 atom stereocenters. The fourth-order valence-electron chi connectivity index (χ4n) is 1.26. The minimum absolute atomic E-state index is 0. The van der Waals surface area contributed by atoms with Gasteiger partial charge in [-0.1, -0.05) is 0 Å². The molecule has 0 bridgehead atoms. The fourth-order valence-corrected chi connectivity index (χ4v) is 1.26. The molecule has 94 valence electrons. The van der Waals surface area contributed by atoms with Gasteiger partial charge in [-0.2, -0.15) is 0 Å². The Bertz CT molecular complexity index is 244. The van der Waals surface area contributed by atoms with Gasteiger partial charge in [0.25, 0.3) is 0 Å². The molecule has 0 radical (unpaired) electrons. The number of carbonyl (C=O) groups excluding carboxylic acids is 1. The van der Waals surface area contributed by atoms with E-state index in [-0.39, 0.29) is 36.0 Å². The van der Waals surface area contributed by atoms with Crippen molar-refractivity contribution in [3.63, 3.8) is 0 Å². The molecule has 0 fully saturated rings. The second-order valence-corrected chi connectivity index (χ2v) is 3.73. The summed E-state index contributed by atoms with van der Waals surface area (Å²) in [5.41, 5.74) is 0. The van der Waals surface area contributed by atoms with Gasteiger partial charge in [0.05, 0.1) is 12.5 Å². The number of nitrogens with one attached hydrogen (secondary N) is 2. The van der Waals surface area contributed by atoms with E-state index in [0.717, 1.165) is 25.5 Å². The van der Waals surface area contributed by atoms with Crippen LogP contribution in [0.2, 0.25) is 0 Å². The third-order valence-corrected chi connectivity index (χ3v) is 1.89. The predicted molar refractivity (Wildman–Crippen MR) is 74.2 cm³/mol. The summed E-state index contributed by atoms with van der Waals surface area (Å²) in [5.74, 6) is 0.618. The normalized spacial score (nSPS) is 14.6. The van der Waals surface area contributed by atoms with Crippen LogP contribution in [0.4, 0.5) is 0 Å². The molecular formula is C10H20IN3O2. The predicted octanol–water partition coefficient (Wildman–Crippen LogP) is 0.885. The lowest BCUT2D eigenvalue weighted by molar-refractivity contribution is -0.147. The number of halogens is 1. The average Bonchev–Trinajstić information content (AvgIpc) is 2.18. The number of nitrogens with zero attached hydrogens (tertiary/aromatic N) is 1. The molecule has 1 aliphatic rings. The molecule has 2 N–H and O–H groups in total. The summed E-state index contributed by atoms with van der Waals surface area (Å²) in [6.45, 7) is 6.06. The number of hydrogen-bond donors (Lipinski definition) is 2. The Morgan fingerprint density at radius 1 is 1.62 bits per heavy atom. The SMILES string of the molecule is CC(C)OC(=O)CCNC1=NCCCN1.I. The van der Waals surface area contributed by atoms with Gasteiger partial charge in [-0.25, -0.2) is 0 Å². The zero-order chi connectivity index (χ0) is 11.1. The van der Waals surface area contributed by atoms with Crippen molar-refractivity contribution in [3.05, 3.63) is 0 Å². The van der Waals surface area contributed by atoms with Crippen LogP contribution in [0.1, 0.15) is 26.7 Å². The topological polar surface area (TPSA) is 62.7 Å². The van der Waals surface area contributed by atoms with E-state index in [1.165, 1.54) is 0 Å². The van der Waals surface area contributed by atoms with Crippen molar-refractivity contribution in [1.82, 2.24) is 10.6 Å². The van der Waals surface area contributed by atoms with E-state index in [9.17, 15) is 4.79 Å². The number of aliphatic imine (C=N–C) groups is 1. The minimum Gasteiger partial charge on any atom is -0.463 e. The molecule has 0 aromatic carbocycles. The first-order valence-electron chi connectivity index (χ1n) is 5.40. The molecule has 0 saturated carbocycles. The molecule has 0 unspecified atom stereocenters. The van der Waals surface area contributed by atoms with Gasteiger partial charge in [-0.15, -0.1) is 24.0 Å². The Hall–Kier alpha value is -0.530.